The molecule has 1 aromatic carbocycles. The number of anilines is 1. The normalized spacial score (nSPS) is 27.1. The quantitative estimate of drug-likeness (QED) is 0.538. The number of rotatable bonds is 7. The second-order valence-corrected chi connectivity index (χ2v) is 9.73. The molecule has 5 heterocycles. The number of piperazine rings is 1. The smallest absolute Gasteiger partial charge is 0.231 e. The lowest BCUT2D eigenvalue weighted by molar-refractivity contribution is -0.945. The highest BCUT2D eigenvalue weighted by Crippen LogP contribution is 2.31. The second kappa shape index (κ2) is 9.69. The van der Waals surface area contributed by atoms with Gasteiger partial charge in [0.05, 0.1) is 51.6 Å². The van der Waals surface area contributed by atoms with Crippen LogP contribution in [0.1, 0.15) is 18.5 Å². The van der Waals surface area contributed by atoms with Gasteiger partial charge >= 0.3 is 0 Å². The number of carbonyl (C=O) groups excluding carboxylic acids is 1. The number of aromatic nitrogens is 3. The molecule has 1 unspecified atom stereocenters. The number of piperidine rings is 3. The Hall–Kier alpha value is -2.65. The molecule has 1 amide bonds. The topological polar surface area (TPSA) is 84.5 Å². The summed E-state index contributed by atoms with van der Waals surface area (Å²) in [5.74, 6) is 1.94. The van der Waals surface area contributed by atoms with Crippen LogP contribution in [0.15, 0.2) is 30.5 Å². The summed E-state index contributed by atoms with van der Waals surface area (Å²) < 4.78 is 7.54. The van der Waals surface area contributed by atoms with Crippen LogP contribution in [-0.2, 0) is 17.9 Å². The maximum absolute atomic E-state index is 13.5. The van der Waals surface area contributed by atoms with Crippen molar-refractivity contribution in [3.8, 4) is 5.75 Å². The Morgan fingerprint density at radius 2 is 2.06 bits per heavy atom. The lowest BCUT2D eigenvalue weighted by atomic mass is 9.75. The summed E-state index contributed by atoms with van der Waals surface area (Å²) in [6.07, 6.45) is 4.35. The summed E-state index contributed by atoms with van der Waals surface area (Å²) in [6, 6.07) is 8.68. The number of nitrogens with one attached hydrogen (secondary N) is 1. The summed E-state index contributed by atoms with van der Waals surface area (Å²) in [4.78, 5) is 19.5. The number of methoxy groups -OCH3 is 1. The van der Waals surface area contributed by atoms with E-state index >= 15 is 0 Å². The molecule has 178 valence electrons. The van der Waals surface area contributed by atoms with Crippen molar-refractivity contribution in [3.05, 3.63) is 36.2 Å². The number of nitrogens with two attached hydrogens (primary N) is 1. The minimum atomic E-state index is 0.170. The van der Waals surface area contributed by atoms with Crippen molar-refractivity contribution < 1.29 is 19.7 Å². The molecule has 9 heteroatoms. The molecular formula is C24H37N7O2+2. The first-order valence-corrected chi connectivity index (χ1v) is 12.3. The lowest BCUT2D eigenvalue weighted by Crippen LogP contribution is -3.20. The number of benzene rings is 1. The van der Waals surface area contributed by atoms with Crippen molar-refractivity contribution >= 4 is 11.6 Å². The van der Waals surface area contributed by atoms with Crippen LogP contribution in [0.25, 0.3) is 0 Å². The predicted octanol–water partition coefficient (Wildman–Crippen LogP) is -1.38. The molecule has 4 fully saturated rings. The number of ether oxygens (including phenoxy) is 1. The van der Waals surface area contributed by atoms with Crippen LogP contribution in [-0.4, -0.2) is 85.3 Å². The Morgan fingerprint density at radius 3 is 2.79 bits per heavy atom. The Bertz CT molecular complexity index is 956. The third kappa shape index (κ3) is 4.56. The van der Waals surface area contributed by atoms with Gasteiger partial charge in [-0.25, -0.2) is 4.68 Å². The van der Waals surface area contributed by atoms with E-state index in [1.54, 1.807) is 12.0 Å². The number of carbonyl (C=O) groups is 1. The molecule has 2 bridgehead atoms. The molecule has 0 aliphatic carbocycles. The van der Waals surface area contributed by atoms with E-state index in [9.17, 15) is 4.79 Å². The van der Waals surface area contributed by atoms with Crippen LogP contribution < -0.4 is 19.9 Å². The summed E-state index contributed by atoms with van der Waals surface area (Å²) in [7, 11) is 3.76. The van der Waals surface area contributed by atoms with Gasteiger partial charge in [-0.05, 0) is 18.1 Å². The zero-order valence-electron chi connectivity index (χ0n) is 19.8. The molecule has 33 heavy (non-hydrogen) atoms. The molecule has 4 aliphatic rings. The first-order valence-electron chi connectivity index (χ1n) is 12.3. The van der Waals surface area contributed by atoms with Gasteiger partial charge in [0.1, 0.15) is 24.0 Å². The van der Waals surface area contributed by atoms with E-state index in [1.165, 1.54) is 6.54 Å². The summed E-state index contributed by atoms with van der Waals surface area (Å²) >= 11 is 0. The highest BCUT2D eigenvalue weighted by atomic mass is 16.5. The molecule has 6 rings (SSSR count). The van der Waals surface area contributed by atoms with Gasteiger partial charge in [0.2, 0.25) is 5.91 Å². The minimum Gasteiger partial charge on any atom is -0.495 e. The van der Waals surface area contributed by atoms with Crippen molar-refractivity contribution in [3.63, 3.8) is 0 Å². The third-order valence-electron chi connectivity index (χ3n) is 7.79. The van der Waals surface area contributed by atoms with E-state index in [0.717, 1.165) is 75.8 Å². The standard InChI is InChI=1S/C24H35N7O2/c1-25-14-19-15-31(27-26-19)16-20-13-18-7-8-30(20)17-21(18)24(32)29-11-9-28(10-12-29)22-5-3-4-6-23(22)33-2/h3-6,15,18,20-21,25H,7-14,16-17H2,1-2H3/p+2/t18-,20-,21+/m1/s1. The lowest BCUT2D eigenvalue weighted by Gasteiger charge is -2.47. The van der Waals surface area contributed by atoms with Crippen LogP contribution in [0, 0.1) is 11.8 Å². The van der Waals surface area contributed by atoms with Crippen LogP contribution in [0.3, 0.4) is 0 Å². The van der Waals surface area contributed by atoms with Gasteiger partial charge in [-0.2, -0.15) is 0 Å². The number of para-hydroxylation sites is 2. The zero-order valence-corrected chi connectivity index (χ0v) is 19.8. The second-order valence-electron chi connectivity index (χ2n) is 9.73. The zero-order chi connectivity index (χ0) is 22.8. The molecular weight excluding hydrogens is 418 g/mol. The van der Waals surface area contributed by atoms with Crippen molar-refractivity contribution in [2.45, 2.75) is 32.0 Å². The van der Waals surface area contributed by atoms with Gasteiger partial charge in [-0.1, -0.05) is 17.3 Å². The largest absolute Gasteiger partial charge is 0.495 e. The molecule has 4 atom stereocenters. The first kappa shape index (κ1) is 22.2. The van der Waals surface area contributed by atoms with Crippen LogP contribution in [0.4, 0.5) is 5.69 Å². The fraction of sp³-hybridized carbons (Fsp3) is 0.625. The van der Waals surface area contributed by atoms with Gasteiger partial charge in [0.15, 0.2) is 0 Å². The van der Waals surface area contributed by atoms with Gasteiger partial charge in [-0.15, -0.1) is 5.10 Å². The number of quaternary nitrogens is 2. The molecule has 1 aromatic heterocycles. The Balaban J connectivity index is 1.16. The average Bonchev–Trinajstić information content (AvgIpc) is 3.31. The minimum absolute atomic E-state index is 0.170. The summed E-state index contributed by atoms with van der Waals surface area (Å²) in [5, 5.41) is 10.7. The number of hydrogen-bond acceptors (Lipinski definition) is 5. The van der Waals surface area contributed by atoms with Crippen molar-refractivity contribution in [1.29, 1.82) is 0 Å². The molecule has 0 spiro atoms. The van der Waals surface area contributed by atoms with E-state index in [0.29, 0.717) is 17.9 Å². The summed E-state index contributed by atoms with van der Waals surface area (Å²) in [6.45, 7) is 7.19. The SMILES string of the molecule is C[NH2+]Cc1cn(C[C@H]2C[C@H]3CC[NH+]2C[C@@H]3C(=O)N2CCN(c3ccccc3OC)CC2)nn1. The average molecular weight is 456 g/mol. The highest BCUT2D eigenvalue weighted by molar-refractivity contribution is 5.80. The van der Waals surface area contributed by atoms with E-state index in [-0.39, 0.29) is 5.92 Å². The molecule has 2 aromatic rings. The van der Waals surface area contributed by atoms with Crippen molar-refractivity contribution in [2.24, 2.45) is 11.8 Å². The first-order chi connectivity index (χ1) is 16.2. The monoisotopic (exact) mass is 455 g/mol. The maximum atomic E-state index is 13.5. The van der Waals surface area contributed by atoms with Crippen LogP contribution in [0.5, 0.6) is 5.75 Å². The van der Waals surface area contributed by atoms with Gasteiger partial charge in [0.25, 0.3) is 0 Å². The van der Waals surface area contributed by atoms with E-state index in [2.05, 4.69) is 37.7 Å². The third-order valence-corrected chi connectivity index (χ3v) is 7.79. The summed E-state index contributed by atoms with van der Waals surface area (Å²) in [5.41, 5.74) is 2.15. The van der Waals surface area contributed by atoms with Crippen LogP contribution in [0.2, 0.25) is 0 Å². The van der Waals surface area contributed by atoms with Gasteiger partial charge in [-0.3, -0.25) is 4.79 Å². The van der Waals surface area contributed by atoms with E-state index < -0.39 is 0 Å². The Labute approximate surface area is 195 Å². The molecule has 4 saturated heterocycles. The highest BCUT2D eigenvalue weighted by Gasteiger charge is 2.48. The molecule has 0 saturated carbocycles. The number of nitrogens with zero attached hydrogens (tertiary/aromatic N) is 5. The van der Waals surface area contributed by atoms with Gasteiger partial charge in [0, 0.05) is 39.0 Å². The molecule has 0 radical (unpaired) electrons. The number of amides is 1. The molecule has 9 nitrogen and oxygen atoms in total. The predicted molar refractivity (Wildman–Crippen MR) is 124 cm³/mol. The Morgan fingerprint density at radius 1 is 1.24 bits per heavy atom. The number of fused-ring (bicyclic) bond motifs is 3. The molecule has 4 aliphatic heterocycles. The Kier molecular flexibility index (Phi) is 6.50. The van der Waals surface area contributed by atoms with E-state index in [4.69, 9.17) is 4.74 Å². The van der Waals surface area contributed by atoms with E-state index in [1.807, 2.05) is 29.9 Å². The molecule has 3 N–H and O–H groups in total. The maximum Gasteiger partial charge on any atom is 0.231 e. The fourth-order valence-corrected chi connectivity index (χ4v) is 6.05. The number of hydrogen-bond donors (Lipinski definition) is 2. The fourth-order valence-electron chi connectivity index (χ4n) is 6.05. The van der Waals surface area contributed by atoms with Gasteiger partial charge < -0.3 is 24.8 Å². The van der Waals surface area contributed by atoms with Crippen LogP contribution >= 0.6 is 0 Å². The van der Waals surface area contributed by atoms with Crippen molar-refractivity contribution in [2.75, 3.05) is 58.3 Å². The van der Waals surface area contributed by atoms with Crippen molar-refractivity contribution in [1.82, 2.24) is 19.9 Å².